The van der Waals surface area contributed by atoms with E-state index in [-0.39, 0.29) is 18.9 Å². The first-order valence-corrected chi connectivity index (χ1v) is 10.4. The fourth-order valence-corrected chi connectivity index (χ4v) is 4.01. The quantitative estimate of drug-likeness (QED) is 0.558. The first-order valence-electron chi connectivity index (χ1n) is 10.4. The lowest BCUT2D eigenvalue weighted by molar-refractivity contribution is -0.139. The van der Waals surface area contributed by atoms with E-state index in [1.807, 2.05) is 36.4 Å². The summed E-state index contributed by atoms with van der Waals surface area (Å²) in [5.41, 5.74) is 5.18. The number of amides is 1. The third-order valence-electron chi connectivity index (χ3n) is 5.66. The Morgan fingerprint density at radius 2 is 1.69 bits per heavy atom. The number of hydrogen-bond acceptors (Lipinski definition) is 5. The molecule has 0 bridgehead atoms. The molecule has 0 spiro atoms. The average molecular weight is 432 g/mol. The largest absolute Gasteiger partial charge is 0.495 e. The van der Waals surface area contributed by atoms with E-state index in [0.29, 0.717) is 17.9 Å². The number of carbonyl (C=O) groups is 2. The second kappa shape index (κ2) is 9.51. The van der Waals surface area contributed by atoms with E-state index in [0.717, 1.165) is 22.3 Å². The summed E-state index contributed by atoms with van der Waals surface area (Å²) >= 11 is 0. The van der Waals surface area contributed by atoms with E-state index >= 15 is 0 Å². The number of hydrogen-bond donors (Lipinski definition) is 2. The van der Waals surface area contributed by atoms with E-state index in [4.69, 9.17) is 9.47 Å². The van der Waals surface area contributed by atoms with Gasteiger partial charge in [-0.3, -0.25) is 4.98 Å². The first-order chi connectivity index (χ1) is 15.6. The topological polar surface area (TPSA) is 97.8 Å². The van der Waals surface area contributed by atoms with Crippen molar-refractivity contribution in [1.29, 1.82) is 0 Å². The van der Waals surface area contributed by atoms with Gasteiger partial charge in [-0.15, -0.1) is 0 Å². The van der Waals surface area contributed by atoms with Gasteiger partial charge in [-0.25, -0.2) is 9.59 Å². The summed E-state index contributed by atoms with van der Waals surface area (Å²) in [7, 11) is 1.55. The van der Waals surface area contributed by atoms with Crippen molar-refractivity contribution < 1.29 is 24.2 Å². The second-order valence-electron chi connectivity index (χ2n) is 7.59. The minimum absolute atomic E-state index is 0.0834. The summed E-state index contributed by atoms with van der Waals surface area (Å²) in [6.07, 6.45) is 1.41. The third kappa shape index (κ3) is 4.56. The molecule has 1 heterocycles. The highest BCUT2D eigenvalue weighted by molar-refractivity contribution is 5.81. The number of rotatable bonds is 8. The predicted octanol–water partition coefficient (Wildman–Crippen LogP) is 4.01. The molecule has 2 aromatic carbocycles. The van der Waals surface area contributed by atoms with Gasteiger partial charge in [-0.1, -0.05) is 48.5 Å². The summed E-state index contributed by atoms with van der Waals surface area (Å²) in [6, 6.07) is 18.5. The number of nitrogens with zero attached hydrogens (tertiary/aromatic N) is 1. The Hall–Kier alpha value is -3.87. The van der Waals surface area contributed by atoms with E-state index < -0.39 is 18.1 Å². The Morgan fingerprint density at radius 3 is 2.25 bits per heavy atom. The monoisotopic (exact) mass is 432 g/mol. The van der Waals surface area contributed by atoms with Gasteiger partial charge in [-0.05, 0) is 47.2 Å². The van der Waals surface area contributed by atoms with Gasteiger partial charge in [0.15, 0.2) is 0 Å². The Bertz CT molecular complexity index is 1070. The summed E-state index contributed by atoms with van der Waals surface area (Å²) in [5, 5.41) is 12.0. The van der Waals surface area contributed by atoms with E-state index in [9.17, 15) is 14.7 Å². The van der Waals surface area contributed by atoms with Crippen LogP contribution in [0.4, 0.5) is 4.79 Å². The van der Waals surface area contributed by atoms with E-state index in [1.165, 1.54) is 0 Å². The van der Waals surface area contributed by atoms with Crippen LogP contribution in [0, 0.1) is 0 Å². The van der Waals surface area contributed by atoms with Gasteiger partial charge in [-0.2, -0.15) is 0 Å². The van der Waals surface area contributed by atoms with Crippen LogP contribution in [0.3, 0.4) is 0 Å². The summed E-state index contributed by atoms with van der Waals surface area (Å²) in [5.74, 6) is -0.577. The van der Waals surface area contributed by atoms with Gasteiger partial charge in [0.2, 0.25) is 0 Å². The van der Waals surface area contributed by atoms with Gasteiger partial charge < -0.3 is 19.9 Å². The zero-order chi connectivity index (χ0) is 22.5. The number of aromatic nitrogens is 1. The zero-order valence-electron chi connectivity index (χ0n) is 17.7. The number of aliphatic carboxylic acids is 1. The summed E-state index contributed by atoms with van der Waals surface area (Å²) < 4.78 is 10.5. The summed E-state index contributed by atoms with van der Waals surface area (Å²) in [4.78, 5) is 28.3. The van der Waals surface area contributed by atoms with Crippen molar-refractivity contribution in [2.24, 2.45) is 0 Å². The molecular weight excluding hydrogens is 408 g/mol. The molecule has 4 rings (SSSR count). The maximum absolute atomic E-state index is 12.4. The van der Waals surface area contributed by atoms with Crippen LogP contribution in [0.15, 0.2) is 66.9 Å². The lowest BCUT2D eigenvalue weighted by Crippen LogP contribution is -2.41. The number of methoxy groups -OCH3 is 1. The van der Waals surface area contributed by atoms with Gasteiger partial charge in [0, 0.05) is 11.6 Å². The number of carbonyl (C=O) groups excluding carboxylic acids is 1. The molecule has 0 saturated carbocycles. The molecule has 32 heavy (non-hydrogen) atoms. The Balaban J connectivity index is 1.36. The van der Waals surface area contributed by atoms with Crippen LogP contribution < -0.4 is 10.1 Å². The molecule has 7 heteroatoms. The van der Waals surface area contributed by atoms with Crippen LogP contribution >= 0.6 is 0 Å². The molecule has 1 aliphatic rings. The number of alkyl carbamates (subject to hydrolysis) is 1. The fraction of sp³-hybridized carbons (Fsp3) is 0.240. The van der Waals surface area contributed by atoms with Crippen LogP contribution in [-0.4, -0.2) is 41.9 Å². The molecular formula is C25H24N2O5. The molecule has 7 nitrogen and oxygen atoms in total. The van der Waals surface area contributed by atoms with Crippen LogP contribution in [0.5, 0.6) is 5.75 Å². The third-order valence-corrected chi connectivity index (χ3v) is 5.66. The van der Waals surface area contributed by atoms with Gasteiger partial charge in [0.1, 0.15) is 18.4 Å². The van der Waals surface area contributed by atoms with Crippen molar-refractivity contribution in [2.75, 3.05) is 13.7 Å². The molecule has 1 atom stereocenters. The lowest BCUT2D eigenvalue weighted by Gasteiger charge is -2.17. The highest BCUT2D eigenvalue weighted by Gasteiger charge is 2.29. The number of carboxylic acid groups (broad SMARTS) is 1. The molecule has 0 fully saturated rings. The standard InChI is InChI=1S/C25H24N2O5/c1-31-17-12-10-16(26-14-17)11-13-23(24(28)29)27-25(30)32-15-22-20-8-4-2-6-18(20)19-7-3-5-9-21(19)22/h2-10,12,14,22-23H,11,13,15H2,1H3,(H,27,30)(H,28,29)/t23-/m0/s1. The second-order valence-corrected chi connectivity index (χ2v) is 7.59. The normalized spacial score (nSPS) is 13.0. The number of pyridine rings is 1. The molecule has 3 aromatic rings. The van der Waals surface area contributed by atoms with Crippen LogP contribution in [0.2, 0.25) is 0 Å². The molecule has 164 valence electrons. The molecule has 1 aliphatic carbocycles. The van der Waals surface area contributed by atoms with E-state index in [2.05, 4.69) is 22.4 Å². The molecule has 2 N–H and O–H groups in total. The molecule has 0 aliphatic heterocycles. The lowest BCUT2D eigenvalue weighted by atomic mass is 9.98. The number of nitrogens with one attached hydrogen (secondary N) is 1. The van der Waals surface area contributed by atoms with Crippen LogP contribution in [0.25, 0.3) is 11.1 Å². The van der Waals surface area contributed by atoms with E-state index in [1.54, 1.807) is 25.4 Å². The predicted molar refractivity (Wildman–Crippen MR) is 119 cm³/mol. The highest BCUT2D eigenvalue weighted by atomic mass is 16.5. The minimum atomic E-state index is -1.12. The number of fused-ring (bicyclic) bond motifs is 3. The summed E-state index contributed by atoms with van der Waals surface area (Å²) in [6.45, 7) is 0.131. The Kier molecular flexibility index (Phi) is 6.35. The maximum atomic E-state index is 12.4. The molecule has 1 aromatic heterocycles. The number of ether oxygens (including phenoxy) is 2. The minimum Gasteiger partial charge on any atom is -0.495 e. The average Bonchev–Trinajstić information content (AvgIpc) is 3.14. The van der Waals surface area contributed by atoms with Crippen LogP contribution in [-0.2, 0) is 16.0 Å². The number of benzene rings is 2. The van der Waals surface area contributed by atoms with Gasteiger partial charge in [0.05, 0.1) is 13.3 Å². The van der Waals surface area contributed by atoms with Crippen molar-refractivity contribution in [3.63, 3.8) is 0 Å². The van der Waals surface area contributed by atoms with Crippen molar-refractivity contribution in [3.05, 3.63) is 83.7 Å². The fourth-order valence-electron chi connectivity index (χ4n) is 4.01. The van der Waals surface area contributed by atoms with Crippen molar-refractivity contribution in [3.8, 4) is 16.9 Å². The Morgan fingerprint density at radius 1 is 1.03 bits per heavy atom. The number of aryl methyl sites for hydroxylation is 1. The molecule has 1 amide bonds. The van der Waals surface area contributed by atoms with Gasteiger partial charge in [0.25, 0.3) is 0 Å². The maximum Gasteiger partial charge on any atom is 0.407 e. The molecule has 0 unspecified atom stereocenters. The van der Waals surface area contributed by atoms with Gasteiger partial charge >= 0.3 is 12.1 Å². The zero-order valence-corrected chi connectivity index (χ0v) is 17.7. The number of carboxylic acids is 1. The smallest absolute Gasteiger partial charge is 0.407 e. The van der Waals surface area contributed by atoms with Crippen molar-refractivity contribution in [2.45, 2.75) is 24.8 Å². The van der Waals surface area contributed by atoms with Crippen LogP contribution in [0.1, 0.15) is 29.2 Å². The molecule has 0 radical (unpaired) electrons. The first kappa shape index (κ1) is 21.4. The van der Waals surface area contributed by atoms with Crippen molar-refractivity contribution >= 4 is 12.1 Å². The molecule has 0 saturated heterocycles. The SMILES string of the molecule is COc1ccc(CC[C@H](NC(=O)OCC2c3ccccc3-c3ccccc32)C(=O)O)nc1. The van der Waals surface area contributed by atoms with Crippen molar-refractivity contribution in [1.82, 2.24) is 10.3 Å². The Labute approximate surface area is 186 Å². The highest BCUT2D eigenvalue weighted by Crippen LogP contribution is 2.44.